The number of carboxylic acid groups (broad SMARTS) is 1. The molecule has 0 bridgehead atoms. The van der Waals surface area contributed by atoms with Crippen LogP contribution in [0.5, 0.6) is 5.75 Å². The molecule has 0 unspecified atom stereocenters. The summed E-state index contributed by atoms with van der Waals surface area (Å²) in [6.45, 7) is 2.14. The van der Waals surface area contributed by atoms with E-state index < -0.39 is 5.97 Å². The number of nitrogens with one attached hydrogen (secondary N) is 1. The molecular formula is C24H28FN7O3. The van der Waals surface area contributed by atoms with Crippen LogP contribution in [0.2, 0.25) is 0 Å². The lowest BCUT2D eigenvalue weighted by atomic mass is 10.0. The fraction of sp³-hybridized carbons (Fsp3) is 0.292. The number of ether oxygens (including phenoxy) is 1. The lowest BCUT2D eigenvalue weighted by Gasteiger charge is -2.33. The average molecular weight is 482 g/mol. The van der Waals surface area contributed by atoms with Gasteiger partial charge >= 0.3 is 5.97 Å². The third-order valence-corrected chi connectivity index (χ3v) is 5.78. The number of anilines is 2. The molecule has 6 N–H and O–H groups in total. The van der Waals surface area contributed by atoms with Gasteiger partial charge in [0.15, 0.2) is 5.75 Å². The molecule has 1 aromatic carbocycles. The zero-order valence-electron chi connectivity index (χ0n) is 19.3. The monoisotopic (exact) mass is 481 g/mol. The number of fused-ring (bicyclic) bond motifs is 1. The predicted molar refractivity (Wildman–Crippen MR) is 131 cm³/mol. The topological polar surface area (TPSA) is 148 Å². The highest BCUT2D eigenvalue weighted by Gasteiger charge is 2.24. The van der Waals surface area contributed by atoms with Gasteiger partial charge in [0.25, 0.3) is 0 Å². The first kappa shape index (κ1) is 24.0. The number of benzene rings is 1. The van der Waals surface area contributed by atoms with Crippen LogP contribution in [0.25, 0.3) is 11.0 Å². The summed E-state index contributed by atoms with van der Waals surface area (Å²) in [7, 11) is 1.65. The van der Waals surface area contributed by atoms with Crippen molar-refractivity contribution < 1.29 is 19.0 Å². The minimum Gasteiger partial charge on any atom is -0.493 e. The molecule has 184 valence electrons. The van der Waals surface area contributed by atoms with E-state index in [-0.39, 0.29) is 17.4 Å². The molecule has 1 fully saturated rings. The van der Waals surface area contributed by atoms with E-state index in [0.717, 1.165) is 54.0 Å². The summed E-state index contributed by atoms with van der Waals surface area (Å²) in [6, 6.07) is 6.30. The largest absolute Gasteiger partial charge is 0.493 e. The minimum atomic E-state index is -1.02. The predicted octanol–water partition coefficient (Wildman–Crippen LogP) is 2.85. The molecule has 10 nitrogen and oxygen atoms in total. The maximum atomic E-state index is 12.9. The summed E-state index contributed by atoms with van der Waals surface area (Å²) in [6.07, 6.45) is 8.32. The van der Waals surface area contributed by atoms with Crippen LogP contribution in [0.1, 0.15) is 28.8 Å². The molecule has 4 aromatic rings. The number of aromatic carboxylic acids is 1. The number of carbonyl (C=O) groups is 1. The number of carboxylic acids is 1. The normalized spacial score (nSPS) is 15.5. The van der Waals surface area contributed by atoms with Crippen molar-refractivity contribution in [1.82, 2.24) is 19.7 Å². The summed E-state index contributed by atoms with van der Waals surface area (Å²) >= 11 is 0. The molecule has 5 rings (SSSR count). The number of pyridine rings is 1. The standard InChI is InChI=1S/C13H19N5O.C11H9FN2O2/c1-19-10-6-17-13-11(9(15)5-16-13)12(10)18-4-2-3-8(14)7-18;12-10-3-1-2-8(4-10)6-14-7-9(5-13-14)11(15)16/h5-6,8H,2-4,7,14-15H2,1H3,(H,16,17);1-5,7H,6H2,(H,15,16)/t8-;/m1./s1. The summed E-state index contributed by atoms with van der Waals surface area (Å²) in [4.78, 5) is 20.3. The van der Waals surface area contributed by atoms with Crippen LogP contribution in [-0.2, 0) is 6.54 Å². The number of piperidine rings is 1. The number of nitrogens with two attached hydrogens (primary N) is 2. The third kappa shape index (κ3) is 5.52. The summed E-state index contributed by atoms with van der Waals surface area (Å²) in [5.74, 6) is -0.596. The van der Waals surface area contributed by atoms with Crippen molar-refractivity contribution in [2.24, 2.45) is 5.73 Å². The van der Waals surface area contributed by atoms with Gasteiger partial charge in [-0.15, -0.1) is 0 Å². The highest BCUT2D eigenvalue weighted by atomic mass is 19.1. The fourth-order valence-corrected chi connectivity index (χ4v) is 4.14. The average Bonchev–Trinajstić information content (AvgIpc) is 3.46. The van der Waals surface area contributed by atoms with Crippen molar-refractivity contribution in [3.63, 3.8) is 0 Å². The van der Waals surface area contributed by atoms with Gasteiger partial charge in [-0.25, -0.2) is 14.2 Å². The van der Waals surface area contributed by atoms with Gasteiger partial charge in [-0.05, 0) is 30.5 Å². The van der Waals surface area contributed by atoms with Gasteiger partial charge < -0.3 is 31.2 Å². The summed E-state index contributed by atoms with van der Waals surface area (Å²) in [5, 5.41) is 13.5. The zero-order chi connectivity index (χ0) is 24.9. The maximum Gasteiger partial charge on any atom is 0.338 e. The highest BCUT2D eigenvalue weighted by Crippen LogP contribution is 2.39. The third-order valence-electron chi connectivity index (χ3n) is 5.78. The lowest BCUT2D eigenvalue weighted by Crippen LogP contribution is -2.43. The Labute approximate surface area is 201 Å². The van der Waals surface area contributed by atoms with Crippen molar-refractivity contribution in [3.05, 3.63) is 66.0 Å². The number of H-pyrrole nitrogens is 1. The molecule has 11 heteroatoms. The Morgan fingerprint density at radius 3 is 2.89 bits per heavy atom. The van der Waals surface area contributed by atoms with Gasteiger partial charge in [0.2, 0.25) is 0 Å². The van der Waals surface area contributed by atoms with Crippen LogP contribution in [-0.4, -0.2) is 57.1 Å². The number of aromatic amines is 1. The van der Waals surface area contributed by atoms with Gasteiger partial charge in [0.1, 0.15) is 11.5 Å². The van der Waals surface area contributed by atoms with Crippen molar-refractivity contribution in [2.45, 2.75) is 25.4 Å². The van der Waals surface area contributed by atoms with Crippen LogP contribution in [0.4, 0.5) is 15.8 Å². The molecule has 1 atom stereocenters. The van der Waals surface area contributed by atoms with Gasteiger partial charge in [0.05, 0.1) is 48.4 Å². The Kier molecular flexibility index (Phi) is 7.16. The van der Waals surface area contributed by atoms with Crippen LogP contribution in [0.3, 0.4) is 0 Å². The molecule has 4 heterocycles. The molecule has 0 radical (unpaired) electrons. The summed E-state index contributed by atoms with van der Waals surface area (Å²) in [5.41, 5.74) is 15.5. The van der Waals surface area contributed by atoms with Crippen molar-refractivity contribution in [2.75, 3.05) is 30.8 Å². The number of hydrogen-bond acceptors (Lipinski definition) is 7. The van der Waals surface area contributed by atoms with E-state index in [1.807, 2.05) is 0 Å². The second kappa shape index (κ2) is 10.4. The molecule has 3 aromatic heterocycles. The first-order valence-electron chi connectivity index (χ1n) is 11.2. The van der Waals surface area contributed by atoms with Crippen molar-refractivity contribution in [1.29, 1.82) is 0 Å². The molecule has 0 amide bonds. The summed E-state index contributed by atoms with van der Waals surface area (Å²) < 4.78 is 19.8. The van der Waals surface area contributed by atoms with Crippen LogP contribution in [0.15, 0.2) is 49.1 Å². The first-order chi connectivity index (χ1) is 16.9. The number of methoxy groups -OCH3 is 1. The smallest absolute Gasteiger partial charge is 0.338 e. The van der Waals surface area contributed by atoms with Gasteiger partial charge in [-0.3, -0.25) is 4.68 Å². The molecule has 0 saturated carbocycles. The highest BCUT2D eigenvalue weighted by molar-refractivity contribution is 6.02. The quantitative estimate of drug-likeness (QED) is 0.340. The van der Waals surface area contributed by atoms with Crippen LogP contribution < -0.4 is 21.1 Å². The molecule has 1 aliphatic rings. The molecule has 0 aliphatic carbocycles. The van der Waals surface area contributed by atoms with E-state index in [2.05, 4.69) is 20.0 Å². The van der Waals surface area contributed by atoms with E-state index in [1.54, 1.807) is 31.6 Å². The zero-order valence-corrected chi connectivity index (χ0v) is 19.3. The van der Waals surface area contributed by atoms with E-state index >= 15 is 0 Å². The lowest BCUT2D eigenvalue weighted by molar-refractivity contribution is 0.0696. The fourth-order valence-electron chi connectivity index (χ4n) is 4.14. The van der Waals surface area contributed by atoms with Gasteiger partial charge in [-0.1, -0.05) is 12.1 Å². The van der Waals surface area contributed by atoms with E-state index in [1.165, 1.54) is 29.2 Å². The van der Waals surface area contributed by atoms with E-state index in [0.29, 0.717) is 12.2 Å². The maximum absolute atomic E-state index is 12.9. The number of aromatic nitrogens is 4. The van der Waals surface area contributed by atoms with Crippen molar-refractivity contribution in [3.8, 4) is 5.75 Å². The van der Waals surface area contributed by atoms with Crippen molar-refractivity contribution >= 4 is 28.4 Å². The van der Waals surface area contributed by atoms with E-state index in [9.17, 15) is 9.18 Å². The Morgan fingerprint density at radius 1 is 1.37 bits per heavy atom. The van der Waals surface area contributed by atoms with Crippen LogP contribution in [0, 0.1) is 5.82 Å². The second-order valence-electron chi connectivity index (χ2n) is 8.35. The number of hydrogen-bond donors (Lipinski definition) is 4. The Morgan fingerprint density at radius 2 is 2.20 bits per heavy atom. The molecule has 1 saturated heterocycles. The molecule has 1 aliphatic heterocycles. The second-order valence-corrected chi connectivity index (χ2v) is 8.35. The van der Waals surface area contributed by atoms with Crippen LogP contribution >= 0.6 is 0 Å². The number of halogens is 1. The SMILES string of the molecule is COc1cnc2[nH]cc(N)c2c1N1CCC[C@@H](N)C1.O=C(O)c1cnn(Cc2cccc(F)c2)c1. The number of nitrogen functional groups attached to an aromatic ring is 1. The Bertz CT molecular complexity index is 1320. The number of rotatable bonds is 5. The Balaban J connectivity index is 0.000000168. The number of nitrogens with zero attached hydrogens (tertiary/aromatic N) is 4. The molecular weight excluding hydrogens is 453 g/mol. The van der Waals surface area contributed by atoms with Gasteiger partial charge in [-0.2, -0.15) is 5.10 Å². The molecule has 35 heavy (non-hydrogen) atoms. The van der Waals surface area contributed by atoms with Gasteiger partial charge in [0, 0.05) is 31.5 Å². The molecule has 0 spiro atoms. The minimum absolute atomic E-state index is 0.122. The van der Waals surface area contributed by atoms with E-state index in [4.69, 9.17) is 21.3 Å². The Hall–Kier alpha value is -4.12. The first-order valence-corrected chi connectivity index (χ1v) is 11.2.